The topological polar surface area (TPSA) is 84.7 Å². The van der Waals surface area contributed by atoms with Crippen molar-refractivity contribution in [3.05, 3.63) is 33.9 Å². The predicted octanol–water partition coefficient (Wildman–Crippen LogP) is 2.81. The number of carbonyl (C=O) groups excluding carboxylic acids is 1. The third-order valence-corrected chi connectivity index (χ3v) is 4.70. The fraction of sp³-hybridized carbons (Fsp3) is 0.588. The summed E-state index contributed by atoms with van der Waals surface area (Å²) in [5, 5.41) is 14.7. The smallest absolute Gasteiger partial charge is 0.293 e. The number of morpholine rings is 1. The van der Waals surface area contributed by atoms with E-state index in [-0.39, 0.29) is 17.6 Å². The van der Waals surface area contributed by atoms with E-state index in [4.69, 9.17) is 4.74 Å². The van der Waals surface area contributed by atoms with Crippen LogP contribution in [-0.2, 0) is 4.74 Å². The Morgan fingerprint density at radius 3 is 2.58 bits per heavy atom. The van der Waals surface area contributed by atoms with Gasteiger partial charge in [-0.3, -0.25) is 14.9 Å². The molecule has 0 aromatic heterocycles. The molecule has 1 heterocycles. The normalized spacial score (nSPS) is 19.1. The van der Waals surface area contributed by atoms with Crippen molar-refractivity contribution >= 4 is 17.3 Å². The number of ether oxygens (including phenoxy) is 1. The van der Waals surface area contributed by atoms with Gasteiger partial charge in [0.25, 0.3) is 11.6 Å². The Labute approximate surface area is 141 Å². The number of nitrogens with one attached hydrogen (secondary N) is 1. The molecule has 7 nitrogen and oxygen atoms in total. The molecule has 1 aromatic carbocycles. The van der Waals surface area contributed by atoms with Crippen LogP contribution in [0, 0.1) is 10.1 Å². The van der Waals surface area contributed by atoms with Crippen LogP contribution in [0.2, 0.25) is 0 Å². The zero-order valence-corrected chi connectivity index (χ0v) is 13.7. The van der Waals surface area contributed by atoms with Gasteiger partial charge in [0.1, 0.15) is 5.69 Å². The van der Waals surface area contributed by atoms with Crippen molar-refractivity contribution in [1.82, 2.24) is 4.90 Å². The molecule has 130 valence electrons. The van der Waals surface area contributed by atoms with E-state index in [1.165, 1.54) is 12.5 Å². The highest BCUT2D eigenvalue weighted by Gasteiger charge is 2.24. The van der Waals surface area contributed by atoms with Gasteiger partial charge < -0.3 is 15.0 Å². The molecule has 0 atom stereocenters. The average molecular weight is 333 g/mol. The maximum Gasteiger partial charge on any atom is 0.293 e. The van der Waals surface area contributed by atoms with E-state index < -0.39 is 4.92 Å². The van der Waals surface area contributed by atoms with Crippen molar-refractivity contribution in [1.29, 1.82) is 0 Å². The summed E-state index contributed by atoms with van der Waals surface area (Å²) in [6.07, 6.45) is 5.60. The Kier molecular flexibility index (Phi) is 5.30. The third kappa shape index (κ3) is 3.84. The van der Waals surface area contributed by atoms with Crippen LogP contribution in [0.3, 0.4) is 0 Å². The van der Waals surface area contributed by atoms with Crippen LogP contribution < -0.4 is 5.32 Å². The minimum Gasteiger partial charge on any atom is -0.378 e. The lowest BCUT2D eigenvalue weighted by atomic mass is 9.95. The maximum absolute atomic E-state index is 12.5. The summed E-state index contributed by atoms with van der Waals surface area (Å²) < 4.78 is 5.24. The lowest BCUT2D eigenvalue weighted by Crippen LogP contribution is -2.40. The minimum atomic E-state index is -0.415. The molecule has 1 saturated carbocycles. The van der Waals surface area contributed by atoms with Crippen molar-refractivity contribution < 1.29 is 14.5 Å². The fourth-order valence-corrected chi connectivity index (χ4v) is 3.35. The Morgan fingerprint density at radius 2 is 1.92 bits per heavy atom. The molecule has 1 saturated heterocycles. The molecule has 7 heteroatoms. The number of rotatable bonds is 4. The van der Waals surface area contributed by atoms with E-state index in [1.54, 1.807) is 17.0 Å². The number of carbonyl (C=O) groups is 1. The van der Waals surface area contributed by atoms with Crippen molar-refractivity contribution in [2.24, 2.45) is 0 Å². The zero-order chi connectivity index (χ0) is 16.9. The second-order valence-electron chi connectivity index (χ2n) is 6.37. The first-order valence-corrected chi connectivity index (χ1v) is 8.57. The summed E-state index contributed by atoms with van der Waals surface area (Å²) in [6, 6.07) is 5.01. The minimum absolute atomic E-state index is 0.0281. The summed E-state index contributed by atoms with van der Waals surface area (Å²) in [5.41, 5.74) is 0.836. The van der Waals surface area contributed by atoms with Gasteiger partial charge in [0, 0.05) is 30.8 Å². The molecule has 1 amide bonds. The van der Waals surface area contributed by atoms with Crippen molar-refractivity contribution in [3.8, 4) is 0 Å². The van der Waals surface area contributed by atoms with Gasteiger partial charge in [-0.25, -0.2) is 0 Å². The van der Waals surface area contributed by atoms with Crippen LogP contribution in [0.1, 0.15) is 42.5 Å². The molecular formula is C17H23N3O4. The number of nitrogens with zero attached hydrogens (tertiary/aromatic N) is 2. The molecule has 3 rings (SSSR count). The Balaban J connectivity index is 1.78. The highest BCUT2D eigenvalue weighted by molar-refractivity contribution is 5.95. The van der Waals surface area contributed by atoms with E-state index in [9.17, 15) is 14.9 Å². The largest absolute Gasteiger partial charge is 0.378 e. The molecule has 1 N–H and O–H groups in total. The third-order valence-electron chi connectivity index (χ3n) is 4.70. The quantitative estimate of drug-likeness (QED) is 0.676. The van der Waals surface area contributed by atoms with Crippen LogP contribution in [-0.4, -0.2) is 48.1 Å². The van der Waals surface area contributed by atoms with Crippen LogP contribution in [0.25, 0.3) is 0 Å². The first-order valence-electron chi connectivity index (χ1n) is 8.57. The zero-order valence-electron chi connectivity index (χ0n) is 13.7. The van der Waals surface area contributed by atoms with Crippen molar-refractivity contribution in [2.75, 3.05) is 31.6 Å². The van der Waals surface area contributed by atoms with E-state index in [0.717, 1.165) is 25.7 Å². The molecule has 0 radical (unpaired) electrons. The number of hydrogen-bond acceptors (Lipinski definition) is 5. The average Bonchev–Trinajstić information content (AvgIpc) is 2.63. The summed E-state index contributed by atoms with van der Waals surface area (Å²) in [6.45, 7) is 2.06. The summed E-state index contributed by atoms with van der Waals surface area (Å²) in [7, 11) is 0. The molecular weight excluding hydrogens is 310 g/mol. The van der Waals surface area contributed by atoms with Gasteiger partial charge in [-0.1, -0.05) is 19.3 Å². The van der Waals surface area contributed by atoms with Gasteiger partial charge in [0.2, 0.25) is 0 Å². The number of nitro benzene ring substituents is 1. The summed E-state index contributed by atoms with van der Waals surface area (Å²) in [4.78, 5) is 25.2. The number of benzene rings is 1. The molecule has 1 aromatic rings. The van der Waals surface area contributed by atoms with Crippen molar-refractivity contribution in [2.45, 2.75) is 38.1 Å². The molecule has 0 bridgehead atoms. The number of amides is 1. The predicted molar refractivity (Wildman–Crippen MR) is 90.3 cm³/mol. The lowest BCUT2D eigenvalue weighted by Gasteiger charge is -2.27. The van der Waals surface area contributed by atoms with E-state index in [1.807, 2.05) is 0 Å². The second kappa shape index (κ2) is 7.61. The molecule has 0 unspecified atom stereocenters. The van der Waals surface area contributed by atoms with Gasteiger partial charge in [-0.2, -0.15) is 0 Å². The van der Waals surface area contributed by atoms with Gasteiger partial charge in [0.15, 0.2) is 0 Å². The maximum atomic E-state index is 12.5. The highest BCUT2D eigenvalue weighted by atomic mass is 16.6. The lowest BCUT2D eigenvalue weighted by molar-refractivity contribution is -0.384. The summed E-state index contributed by atoms with van der Waals surface area (Å²) in [5.74, 6) is -0.175. The molecule has 1 aliphatic carbocycles. The number of hydrogen-bond donors (Lipinski definition) is 1. The standard InChI is InChI=1S/C17H23N3O4/c21-17(19-8-10-24-11-9-19)13-6-7-15(16(12-13)20(22)23)18-14-4-2-1-3-5-14/h6-7,12,14,18H,1-5,8-11H2. The van der Waals surface area contributed by atoms with Gasteiger partial charge >= 0.3 is 0 Å². The van der Waals surface area contributed by atoms with Crippen LogP contribution >= 0.6 is 0 Å². The molecule has 1 aliphatic heterocycles. The second-order valence-corrected chi connectivity index (χ2v) is 6.37. The fourth-order valence-electron chi connectivity index (χ4n) is 3.35. The Bertz CT molecular complexity index is 608. The first kappa shape index (κ1) is 16.7. The first-order chi connectivity index (χ1) is 11.6. The Morgan fingerprint density at radius 1 is 1.21 bits per heavy atom. The number of nitro groups is 1. The highest BCUT2D eigenvalue weighted by Crippen LogP contribution is 2.29. The van der Waals surface area contributed by atoms with Crippen LogP contribution in [0.5, 0.6) is 0 Å². The Hall–Kier alpha value is -2.15. The van der Waals surface area contributed by atoms with E-state index >= 15 is 0 Å². The van der Waals surface area contributed by atoms with Crippen molar-refractivity contribution in [3.63, 3.8) is 0 Å². The van der Waals surface area contributed by atoms with E-state index in [0.29, 0.717) is 37.6 Å². The van der Waals surface area contributed by atoms with E-state index in [2.05, 4.69) is 5.32 Å². The molecule has 2 fully saturated rings. The summed E-state index contributed by atoms with van der Waals surface area (Å²) >= 11 is 0. The van der Waals surface area contributed by atoms with Gasteiger partial charge in [0.05, 0.1) is 18.1 Å². The molecule has 2 aliphatic rings. The SMILES string of the molecule is O=C(c1ccc(NC2CCCCC2)c([N+](=O)[O-])c1)N1CCOCC1. The number of anilines is 1. The van der Waals surface area contributed by atoms with Crippen LogP contribution in [0.15, 0.2) is 18.2 Å². The molecule has 24 heavy (non-hydrogen) atoms. The van der Waals surface area contributed by atoms with Gasteiger partial charge in [-0.05, 0) is 25.0 Å². The molecule has 0 spiro atoms. The monoisotopic (exact) mass is 333 g/mol. The van der Waals surface area contributed by atoms with Crippen LogP contribution in [0.4, 0.5) is 11.4 Å². The van der Waals surface area contributed by atoms with Gasteiger partial charge in [-0.15, -0.1) is 0 Å².